The minimum atomic E-state index is -0.0988. The highest BCUT2D eigenvalue weighted by atomic mass is 32.2. The van der Waals surface area contributed by atoms with Crippen LogP contribution in [0, 0.1) is 22.7 Å². The molecule has 1 saturated carbocycles. The predicted molar refractivity (Wildman–Crippen MR) is 108 cm³/mol. The third-order valence-electron chi connectivity index (χ3n) is 5.01. The van der Waals surface area contributed by atoms with Crippen molar-refractivity contribution in [1.82, 2.24) is 19.7 Å². The number of hydrogen-bond donors (Lipinski definition) is 0. The molecular formula is C20H24N6O2S. The smallest absolute Gasteiger partial charge is 0.233 e. The van der Waals surface area contributed by atoms with Crippen LogP contribution in [-0.2, 0) is 4.79 Å². The van der Waals surface area contributed by atoms with Gasteiger partial charge in [-0.25, -0.2) is 0 Å². The van der Waals surface area contributed by atoms with Gasteiger partial charge in [-0.15, -0.1) is 10.2 Å². The summed E-state index contributed by atoms with van der Waals surface area (Å²) in [6.07, 6.45) is 7.81. The van der Waals surface area contributed by atoms with Crippen molar-refractivity contribution in [2.24, 2.45) is 0 Å². The number of furan rings is 1. The molecule has 0 bridgehead atoms. The molecule has 0 radical (unpaired) electrons. The van der Waals surface area contributed by atoms with E-state index in [-0.39, 0.29) is 24.5 Å². The Hall–Kier alpha value is -2.78. The zero-order valence-corrected chi connectivity index (χ0v) is 17.1. The second-order valence-electron chi connectivity index (χ2n) is 6.93. The average Bonchev–Trinajstić information content (AvgIpc) is 3.42. The fourth-order valence-electron chi connectivity index (χ4n) is 3.57. The molecule has 2 aromatic heterocycles. The summed E-state index contributed by atoms with van der Waals surface area (Å²) in [5.74, 6) is 1.46. The Morgan fingerprint density at radius 1 is 1.21 bits per heavy atom. The molecule has 2 aromatic rings. The van der Waals surface area contributed by atoms with Gasteiger partial charge in [0.1, 0.15) is 0 Å². The summed E-state index contributed by atoms with van der Waals surface area (Å²) in [4.78, 5) is 14.2. The van der Waals surface area contributed by atoms with Gasteiger partial charge in [0.2, 0.25) is 11.7 Å². The quantitative estimate of drug-likeness (QED) is 0.576. The summed E-state index contributed by atoms with van der Waals surface area (Å²) in [5.41, 5.74) is 0. The molecule has 0 atom stereocenters. The molecule has 29 heavy (non-hydrogen) atoms. The molecule has 0 aromatic carbocycles. The van der Waals surface area contributed by atoms with E-state index in [1.807, 2.05) is 12.1 Å². The van der Waals surface area contributed by atoms with Crippen LogP contribution in [0.4, 0.5) is 0 Å². The van der Waals surface area contributed by atoms with Crippen molar-refractivity contribution in [1.29, 1.82) is 10.5 Å². The zero-order valence-electron chi connectivity index (χ0n) is 16.3. The molecule has 1 aliphatic rings. The molecule has 3 rings (SSSR count). The number of nitrogens with zero attached hydrogens (tertiary/aromatic N) is 6. The van der Waals surface area contributed by atoms with E-state index in [0.29, 0.717) is 35.9 Å². The lowest BCUT2D eigenvalue weighted by molar-refractivity contribution is -0.128. The zero-order chi connectivity index (χ0) is 20.5. The lowest BCUT2D eigenvalue weighted by Gasteiger charge is -2.25. The number of nitriles is 2. The highest BCUT2D eigenvalue weighted by Gasteiger charge is 2.26. The minimum Gasteiger partial charge on any atom is -0.461 e. The van der Waals surface area contributed by atoms with E-state index in [9.17, 15) is 4.79 Å². The van der Waals surface area contributed by atoms with Crippen molar-refractivity contribution in [2.75, 3.05) is 18.8 Å². The maximum Gasteiger partial charge on any atom is 0.233 e. The molecule has 1 aliphatic carbocycles. The number of carbonyl (C=O) groups is 1. The molecule has 9 heteroatoms. The Morgan fingerprint density at radius 3 is 2.55 bits per heavy atom. The molecule has 152 valence electrons. The van der Waals surface area contributed by atoms with Gasteiger partial charge in [-0.2, -0.15) is 10.5 Å². The normalized spacial score (nSPS) is 14.3. The van der Waals surface area contributed by atoms with Gasteiger partial charge in [-0.1, -0.05) is 31.0 Å². The summed E-state index contributed by atoms with van der Waals surface area (Å²) < 4.78 is 7.66. The first kappa shape index (κ1) is 20.9. The Morgan fingerprint density at radius 2 is 1.93 bits per heavy atom. The van der Waals surface area contributed by atoms with E-state index in [4.69, 9.17) is 14.9 Å². The van der Waals surface area contributed by atoms with E-state index in [1.165, 1.54) is 31.0 Å². The number of thioether (sulfide) groups is 1. The summed E-state index contributed by atoms with van der Waals surface area (Å²) in [7, 11) is 0. The van der Waals surface area contributed by atoms with Crippen molar-refractivity contribution in [3.8, 4) is 23.7 Å². The average molecular weight is 413 g/mol. The van der Waals surface area contributed by atoms with Crippen LogP contribution in [0.3, 0.4) is 0 Å². The van der Waals surface area contributed by atoms with Crippen LogP contribution in [0.15, 0.2) is 28.0 Å². The van der Waals surface area contributed by atoms with E-state index >= 15 is 0 Å². The molecule has 0 spiro atoms. The Balaban J connectivity index is 1.75. The van der Waals surface area contributed by atoms with Crippen LogP contribution >= 0.6 is 11.8 Å². The van der Waals surface area contributed by atoms with Crippen molar-refractivity contribution >= 4 is 17.7 Å². The van der Waals surface area contributed by atoms with Crippen LogP contribution in [-0.4, -0.2) is 44.4 Å². The lowest BCUT2D eigenvalue weighted by atomic mass is 9.95. The SMILES string of the molecule is N#CCCN(CCC#N)C(=O)CSc1nnc(-c2ccco2)n1C1CCCCC1. The van der Waals surface area contributed by atoms with Crippen molar-refractivity contribution in [2.45, 2.75) is 56.1 Å². The second kappa shape index (κ2) is 10.7. The summed E-state index contributed by atoms with van der Waals surface area (Å²) in [6, 6.07) is 8.10. The molecule has 8 nitrogen and oxygen atoms in total. The van der Waals surface area contributed by atoms with Gasteiger partial charge in [0.25, 0.3) is 0 Å². The molecule has 1 amide bonds. The van der Waals surface area contributed by atoms with Crippen LogP contribution in [0.25, 0.3) is 11.6 Å². The van der Waals surface area contributed by atoms with Gasteiger partial charge in [-0.3, -0.25) is 9.36 Å². The highest BCUT2D eigenvalue weighted by molar-refractivity contribution is 7.99. The highest BCUT2D eigenvalue weighted by Crippen LogP contribution is 2.35. The first-order valence-corrected chi connectivity index (χ1v) is 10.9. The van der Waals surface area contributed by atoms with Crippen molar-refractivity contribution < 1.29 is 9.21 Å². The molecule has 1 fully saturated rings. The summed E-state index contributed by atoms with van der Waals surface area (Å²) in [6.45, 7) is 0.676. The fraction of sp³-hybridized carbons (Fsp3) is 0.550. The van der Waals surface area contributed by atoms with E-state index < -0.39 is 0 Å². The molecule has 0 aliphatic heterocycles. The topological polar surface area (TPSA) is 112 Å². The van der Waals surface area contributed by atoms with E-state index in [2.05, 4.69) is 26.9 Å². The van der Waals surface area contributed by atoms with Gasteiger partial charge in [0, 0.05) is 19.1 Å². The Bertz CT molecular complexity index is 856. The first-order valence-electron chi connectivity index (χ1n) is 9.88. The molecule has 0 N–H and O–H groups in total. The van der Waals surface area contributed by atoms with Gasteiger partial charge >= 0.3 is 0 Å². The molecular weight excluding hydrogens is 388 g/mol. The number of carbonyl (C=O) groups excluding carboxylic acids is 1. The fourth-order valence-corrected chi connectivity index (χ4v) is 4.47. The monoisotopic (exact) mass is 412 g/mol. The van der Waals surface area contributed by atoms with Crippen LogP contribution in [0.2, 0.25) is 0 Å². The second-order valence-corrected chi connectivity index (χ2v) is 7.87. The van der Waals surface area contributed by atoms with Gasteiger partial charge < -0.3 is 9.32 Å². The van der Waals surface area contributed by atoms with Gasteiger partial charge in [0.15, 0.2) is 10.9 Å². The van der Waals surface area contributed by atoms with Gasteiger partial charge in [-0.05, 0) is 25.0 Å². The number of rotatable bonds is 9. The third kappa shape index (κ3) is 5.39. The minimum absolute atomic E-state index is 0.0988. The summed E-state index contributed by atoms with van der Waals surface area (Å²) in [5, 5.41) is 27.0. The number of hydrogen-bond acceptors (Lipinski definition) is 7. The van der Waals surface area contributed by atoms with E-state index in [0.717, 1.165) is 12.8 Å². The summed E-state index contributed by atoms with van der Waals surface area (Å²) >= 11 is 1.35. The molecule has 0 unspecified atom stereocenters. The number of aromatic nitrogens is 3. The van der Waals surface area contributed by atoms with Crippen LogP contribution in [0.1, 0.15) is 51.0 Å². The molecule has 2 heterocycles. The van der Waals surface area contributed by atoms with Gasteiger partial charge in [0.05, 0.1) is 37.0 Å². The first-order chi connectivity index (χ1) is 14.2. The largest absolute Gasteiger partial charge is 0.461 e. The van der Waals surface area contributed by atoms with Crippen molar-refractivity contribution in [3.63, 3.8) is 0 Å². The van der Waals surface area contributed by atoms with E-state index in [1.54, 1.807) is 11.2 Å². The Labute approximate surface area is 174 Å². The van der Waals surface area contributed by atoms with Crippen molar-refractivity contribution in [3.05, 3.63) is 18.4 Å². The van der Waals surface area contributed by atoms with Crippen LogP contribution < -0.4 is 0 Å². The third-order valence-corrected chi connectivity index (χ3v) is 5.94. The maximum atomic E-state index is 12.7. The predicted octanol–water partition coefficient (Wildman–Crippen LogP) is 3.79. The number of amides is 1. The Kier molecular flexibility index (Phi) is 7.71. The maximum absolute atomic E-state index is 12.7. The standard InChI is InChI=1S/C20H24N6O2S/c21-10-5-12-25(13-6-11-22)18(27)15-29-20-24-23-19(17-9-4-14-28-17)26(20)16-7-2-1-3-8-16/h4,9,14,16H,1-3,5-8,12-13,15H2. The molecule has 0 saturated heterocycles. The van der Waals surface area contributed by atoms with Crippen LogP contribution in [0.5, 0.6) is 0 Å². The lowest BCUT2D eigenvalue weighted by Crippen LogP contribution is -2.34.